The van der Waals surface area contributed by atoms with Crippen LogP contribution in [-0.4, -0.2) is 46.6 Å². The van der Waals surface area contributed by atoms with Gasteiger partial charge >= 0.3 is 0 Å². The highest BCUT2D eigenvalue weighted by Gasteiger charge is 2.29. The van der Waals surface area contributed by atoms with Crippen molar-refractivity contribution in [1.29, 1.82) is 0 Å². The average molecular weight is 295 g/mol. The summed E-state index contributed by atoms with van der Waals surface area (Å²) in [6, 6.07) is 3.12. The van der Waals surface area contributed by atoms with Crippen molar-refractivity contribution in [3.63, 3.8) is 0 Å². The molecule has 1 aromatic heterocycles. The van der Waals surface area contributed by atoms with Crippen LogP contribution in [0.5, 0.6) is 0 Å². The minimum atomic E-state index is -3.47. The molecule has 0 radical (unpaired) electrons. The van der Waals surface area contributed by atoms with E-state index in [1.54, 1.807) is 6.07 Å². The monoisotopic (exact) mass is 295 g/mol. The van der Waals surface area contributed by atoms with E-state index in [2.05, 4.69) is 0 Å². The van der Waals surface area contributed by atoms with E-state index >= 15 is 0 Å². The normalized spacial score (nSPS) is 19.6. The number of rotatable bonds is 3. The van der Waals surface area contributed by atoms with Crippen molar-refractivity contribution in [3.8, 4) is 0 Å². The lowest BCUT2D eigenvalue weighted by molar-refractivity contribution is 0.285. The fourth-order valence-corrected chi connectivity index (χ4v) is 5.67. The molecule has 8 heteroatoms. The second-order valence-corrected chi connectivity index (χ2v) is 8.66. The van der Waals surface area contributed by atoms with Gasteiger partial charge in [-0.25, -0.2) is 8.42 Å². The molecule has 0 spiro atoms. The predicted molar refractivity (Wildman–Crippen MR) is 66.9 cm³/mol. The predicted octanol–water partition coefficient (Wildman–Crippen LogP) is -0.00660. The van der Waals surface area contributed by atoms with Gasteiger partial charge in [0.2, 0.25) is 0 Å². The number of aliphatic hydroxyl groups is 1. The molecule has 17 heavy (non-hydrogen) atoms. The van der Waals surface area contributed by atoms with Crippen LogP contribution in [0.15, 0.2) is 16.3 Å². The summed E-state index contributed by atoms with van der Waals surface area (Å²) in [5.74, 6) is 0.801. The number of thiophene rings is 1. The first kappa shape index (κ1) is 13.2. The highest BCUT2D eigenvalue weighted by Crippen LogP contribution is 2.25. The standard InChI is InChI=1S/C9H13NO4S3/c11-7-8-1-2-9(15-8)17(13,14)10-3-5-16(12)6-4-10/h1-2,11H,3-7H2. The van der Waals surface area contributed by atoms with Crippen molar-refractivity contribution >= 4 is 32.2 Å². The van der Waals surface area contributed by atoms with E-state index < -0.39 is 20.8 Å². The van der Waals surface area contributed by atoms with Crippen LogP contribution in [0.3, 0.4) is 0 Å². The van der Waals surface area contributed by atoms with E-state index in [4.69, 9.17) is 5.11 Å². The number of hydrogen-bond donors (Lipinski definition) is 1. The zero-order valence-corrected chi connectivity index (χ0v) is 11.5. The first-order valence-corrected chi connectivity index (χ1v) is 8.83. The number of nitrogens with zero attached hydrogens (tertiary/aromatic N) is 1. The van der Waals surface area contributed by atoms with Crippen LogP contribution < -0.4 is 0 Å². The zero-order chi connectivity index (χ0) is 12.5. The molecule has 5 nitrogen and oxygen atoms in total. The van der Waals surface area contributed by atoms with E-state index in [-0.39, 0.29) is 10.8 Å². The Hall–Kier alpha value is -0.280. The van der Waals surface area contributed by atoms with Gasteiger partial charge in [0.25, 0.3) is 10.0 Å². The maximum Gasteiger partial charge on any atom is 0.252 e. The summed E-state index contributed by atoms with van der Waals surface area (Å²) in [4.78, 5) is 0.629. The molecule has 1 N–H and O–H groups in total. The van der Waals surface area contributed by atoms with E-state index in [0.29, 0.717) is 29.5 Å². The van der Waals surface area contributed by atoms with Crippen LogP contribution in [0.4, 0.5) is 0 Å². The highest BCUT2D eigenvalue weighted by atomic mass is 32.2. The Labute approximate surface area is 107 Å². The van der Waals surface area contributed by atoms with Gasteiger partial charge < -0.3 is 5.11 Å². The Morgan fingerprint density at radius 3 is 2.53 bits per heavy atom. The molecule has 0 amide bonds. The molecule has 0 aliphatic carbocycles. The Kier molecular flexibility index (Phi) is 3.99. The number of sulfonamides is 1. The third-order valence-corrected chi connectivity index (χ3v) is 7.24. The molecule has 96 valence electrons. The minimum Gasteiger partial charge on any atom is -0.391 e. The fourth-order valence-electron chi connectivity index (χ4n) is 1.57. The van der Waals surface area contributed by atoms with Gasteiger partial charge in [-0.05, 0) is 12.1 Å². The van der Waals surface area contributed by atoms with Gasteiger partial charge in [0.1, 0.15) is 4.21 Å². The smallest absolute Gasteiger partial charge is 0.252 e. The topological polar surface area (TPSA) is 74.7 Å². The molecular formula is C9H13NO4S3. The maximum absolute atomic E-state index is 12.2. The van der Waals surface area contributed by atoms with Crippen LogP contribution in [0, 0.1) is 0 Å². The van der Waals surface area contributed by atoms with E-state index in [1.807, 2.05) is 0 Å². The van der Waals surface area contributed by atoms with Crippen LogP contribution >= 0.6 is 11.3 Å². The molecule has 1 fully saturated rings. The van der Waals surface area contributed by atoms with Crippen LogP contribution in [0.25, 0.3) is 0 Å². The SMILES string of the molecule is O=S1CCN(S(=O)(=O)c2ccc(CO)s2)CC1. The molecule has 1 aliphatic rings. The second kappa shape index (κ2) is 5.15. The minimum absolute atomic E-state index is 0.149. The second-order valence-electron chi connectivity index (χ2n) is 3.63. The van der Waals surface area contributed by atoms with Crippen molar-refractivity contribution in [2.75, 3.05) is 24.6 Å². The first-order chi connectivity index (χ1) is 8.04. The molecular weight excluding hydrogens is 282 g/mol. The Balaban J connectivity index is 2.21. The van der Waals surface area contributed by atoms with E-state index in [0.717, 1.165) is 11.3 Å². The van der Waals surface area contributed by atoms with Crippen molar-refractivity contribution in [2.24, 2.45) is 0 Å². The molecule has 0 saturated carbocycles. The molecule has 1 saturated heterocycles. The summed E-state index contributed by atoms with van der Waals surface area (Å²) in [7, 11) is -4.36. The summed E-state index contributed by atoms with van der Waals surface area (Å²) >= 11 is 1.08. The van der Waals surface area contributed by atoms with Gasteiger partial charge in [0.15, 0.2) is 0 Å². The van der Waals surface area contributed by atoms with Crippen LogP contribution in [0.2, 0.25) is 0 Å². The Morgan fingerprint density at radius 2 is 2.00 bits per heavy atom. The summed E-state index contributed by atoms with van der Waals surface area (Å²) in [6.07, 6.45) is 0. The van der Waals surface area contributed by atoms with Gasteiger partial charge in [-0.1, -0.05) is 0 Å². The van der Waals surface area contributed by atoms with Crippen molar-refractivity contribution < 1.29 is 17.7 Å². The maximum atomic E-state index is 12.2. The lowest BCUT2D eigenvalue weighted by Gasteiger charge is -2.24. The molecule has 0 aromatic carbocycles. The highest BCUT2D eigenvalue weighted by molar-refractivity contribution is 7.91. The summed E-state index contributed by atoms with van der Waals surface area (Å²) in [6.45, 7) is 0.465. The van der Waals surface area contributed by atoms with Crippen molar-refractivity contribution in [3.05, 3.63) is 17.0 Å². The van der Waals surface area contributed by atoms with Gasteiger partial charge in [0, 0.05) is 40.3 Å². The number of hydrogen-bond acceptors (Lipinski definition) is 5. The third kappa shape index (κ3) is 2.76. The molecule has 0 bridgehead atoms. The fraction of sp³-hybridized carbons (Fsp3) is 0.556. The number of aliphatic hydroxyl groups excluding tert-OH is 1. The van der Waals surface area contributed by atoms with Gasteiger partial charge in [-0.15, -0.1) is 11.3 Å². The first-order valence-electron chi connectivity index (χ1n) is 5.09. The van der Waals surface area contributed by atoms with Crippen LogP contribution in [-0.2, 0) is 27.4 Å². The molecule has 2 heterocycles. The lowest BCUT2D eigenvalue weighted by atomic mass is 10.5. The summed E-state index contributed by atoms with van der Waals surface area (Å²) in [5, 5.41) is 8.92. The molecule has 1 aromatic rings. The molecule has 1 aliphatic heterocycles. The van der Waals surface area contributed by atoms with Gasteiger partial charge in [-0.3, -0.25) is 4.21 Å². The summed E-state index contributed by atoms with van der Waals surface area (Å²) in [5.41, 5.74) is 0. The Bertz CT molecular complexity index is 512. The Morgan fingerprint density at radius 1 is 1.35 bits per heavy atom. The van der Waals surface area contributed by atoms with E-state index in [9.17, 15) is 12.6 Å². The molecule has 2 rings (SSSR count). The summed E-state index contributed by atoms with van der Waals surface area (Å²) < 4.78 is 37.1. The van der Waals surface area contributed by atoms with Crippen molar-refractivity contribution in [1.82, 2.24) is 4.31 Å². The zero-order valence-electron chi connectivity index (χ0n) is 9.03. The van der Waals surface area contributed by atoms with Crippen molar-refractivity contribution in [2.45, 2.75) is 10.8 Å². The quantitative estimate of drug-likeness (QED) is 0.851. The van der Waals surface area contributed by atoms with Crippen LogP contribution in [0.1, 0.15) is 4.88 Å². The molecule has 0 atom stereocenters. The average Bonchev–Trinajstić information content (AvgIpc) is 2.78. The molecule has 0 unspecified atom stereocenters. The van der Waals surface area contributed by atoms with E-state index in [1.165, 1.54) is 10.4 Å². The third-order valence-electron chi connectivity index (χ3n) is 2.52. The largest absolute Gasteiger partial charge is 0.391 e. The lowest BCUT2D eigenvalue weighted by Crippen LogP contribution is -2.41. The van der Waals surface area contributed by atoms with Gasteiger partial charge in [-0.2, -0.15) is 4.31 Å². The van der Waals surface area contributed by atoms with Gasteiger partial charge in [0.05, 0.1) is 6.61 Å².